The molecule has 0 bridgehead atoms. The van der Waals surface area contributed by atoms with Crippen LogP contribution < -0.4 is 0 Å². The summed E-state index contributed by atoms with van der Waals surface area (Å²) in [5.41, 5.74) is 12.5. The highest BCUT2D eigenvalue weighted by molar-refractivity contribution is 8.48. The van der Waals surface area contributed by atoms with Gasteiger partial charge in [-0.2, -0.15) is 0 Å². The van der Waals surface area contributed by atoms with Gasteiger partial charge in [0.1, 0.15) is 0 Å². The molecule has 1 aliphatic heterocycles. The van der Waals surface area contributed by atoms with Gasteiger partial charge in [-0.05, 0) is 77.8 Å². The van der Waals surface area contributed by atoms with Gasteiger partial charge in [-0.1, -0.05) is 121 Å². The first-order chi connectivity index (χ1) is 26.3. The first-order valence-electron chi connectivity index (χ1n) is 18.6. The van der Waals surface area contributed by atoms with Gasteiger partial charge in [0.2, 0.25) is 0 Å². The average Bonchev–Trinajstić information content (AvgIpc) is 3.79. The molecule has 5 heteroatoms. The molecule has 0 fully saturated rings. The second kappa shape index (κ2) is 11.0. The number of rotatable bonds is 4. The van der Waals surface area contributed by atoms with Crippen molar-refractivity contribution in [3.8, 4) is 45.1 Å². The summed E-state index contributed by atoms with van der Waals surface area (Å²) >= 11 is 0. The van der Waals surface area contributed by atoms with Gasteiger partial charge in [0.05, 0.1) is 32.8 Å². The van der Waals surface area contributed by atoms with Crippen molar-refractivity contribution < 1.29 is 0 Å². The van der Waals surface area contributed by atoms with Gasteiger partial charge in [0.25, 0.3) is 0 Å². The molecule has 0 unspecified atom stereocenters. The Bertz CT molecular complexity index is 3090. The molecule has 4 heterocycles. The molecule has 11 rings (SSSR count). The van der Waals surface area contributed by atoms with Crippen molar-refractivity contribution in [1.82, 2.24) is 19.1 Å². The predicted molar refractivity (Wildman–Crippen MR) is 230 cm³/mol. The van der Waals surface area contributed by atoms with Gasteiger partial charge in [0, 0.05) is 49.6 Å². The monoisotopic (exact) mass is 714 g/mol. The summed E-state index contributed by atoms with van der Waals surface area (Å²) in [6.45, 7) is 0. The van der Waals surface area contributed by atoms with Crippen molar-refractivity contribution in [2.75, 3.05) is 18.8 Å². The summed E-state index contributed by atoms with van der Waals surface area (Å²) in [6.07, 6.45) is 7.33. The Morgan fingerprint density at radius 1 is 0.426 bits per heavy atom. The molecule has 54 heavy (non-hydrogen) atoms. The van der Waals surface area contributed by atoms with E-state index in [0.717, 1.165) is 39.5 Å². The van der Waals surface area contributed by atoms with Gasteiger partial charge < -0.3 is 9.13 Å². The highest BCUT2D eigenvalue weighted by Crippen LogP contribution is 2.80. The van der Waals surface area contributed by atoms with Crippen molar-refractivity contribution in [3.63, 3.8) is 0 Å². The number of benzene rings is 7. The maximum Gasteiger partial charge on any atom is 0.161 e. The molecule has 1 aliphatic rings. The summed E-state index contributed by atoms with van der Waals surface area (Å²) in [5.74, 6) is 0.759. The van der Waals surface area contributed by atoms with Crippen LogP contribution in [0.5, 0.6) is 0 Å². The average molecular weight is 715 g/mol. The Labute approximate surface area is 314 Å². The van der Waals surface area contributed by atoms with Crippen LogP contribution in [-0.2, 0) is 0 Å². The zero-order valence-electron chi connectivity index (χ0n) is 30.4. The number of nitrogens with zero attached hydrogens (tertiary/aromatic N) is 4. The fourth-order valence-electron chi connectivity index (χ4n) is 9.02. The molecule has 4 nitrogen and oxygen atoms in total. The van der Waals surface area contributed by atoms with Gasteiger partial charge in [-0.25, -0.2) is 19.1 Å². The largest absolute Gasteiger partial charge is 0.309 e. The highest BCUT2D eigenvalue weighted by Gasteiger charge is 2.44. The second-order valence-corrected chi connectivity index (χ2v) is 22.2. The van der Waals surface area contributed by atoms with Gasteiger partial charge in [0.15, 0.2) is 5.82 Å². The maximum atomic E-state index is 5.57. The zero-order valence-corrected chi connectivity index (χ0v) is 31.3. The number of para-hydroxylation sites is 4. The van der Waals surface area contributed by atoms with Gasteiger partial charge in [-0.3, -0.25) is 0 Å². The van der Waals surface area contributed by atoms with Crippen molar-refractivity contribution in [1.29, 1.82) is 0 Å². The molecule has 0 saturated carbocycles. The van der Waals surface area contributed by atoms with Crippen molar-refractivity contribution in [3.05, 3.63) is 170 Å². The first kappa shape index (κ1) is 31.1. The predicted octanol–water partition coefficient (Wildman–Crippen LogP) is 12.4. The van der Waals surface area contributed by atoms with Crippen LogP contribution in [0.4, 0.5) is 0 Å². The summed E-state index contributed by atoms with van der Waals surface area (Å²) in [5, 5.41) is 6.15. The Hall–Kier alpha value is -6.43. The zero-order chi connectivity index (χ0) is 36.2. The van der Waals surface area contributed by atoms with E-state index in [2.05, 4.69) is 198 Å². The molecule has 260 valence electrons. The third-order valence-electron chi connectivity index (χ3n) is 11.6. The van der Waals surface area contributed by atoms with Crippen LogP contribution in [0.1, 0.15) is 0 Å². The normalized spacial score (nSPS) is 15.0. The van der Waals surface area contributed by atoms with E-state index in [4.69, 9.17) is 9.97 Å². The molecular weight excluding hydrogens is 677 g/mol. The molecule has 0 aliphatic carbocycles. The molecule has 0 N–H and O–H groups in total. The van der Waals surface area contributed by atoms with Crippen molar-refractivity contribution >= 4 is 52.8 Å². The summed E-state index contributed by atoms with van der Waals surface area (Å²) < 4.78 is 4.74. The van der Waals surface area contributed by atoms with E-state index in [1.165, 1.54) is 59.1 Å². The summed E-state index contributed by atoms with van der Waals surface area (Å²) in [7, 11) is -2.63. The van der Waals surface area contributed by atoms with E-state index in [1.807, 2.05) is 0 Å². The molecule has 3 aromatic heterocycles. The third kappa shape index (κ3) is 4.33. The van der Waals surface area contributed by atoms with Gasteiger partial charge in [-0.15, -0.1) is 0 Å². The number of aromatic nitrogens is 4. The third-order valence-corrected chi connectivity index (χ3v) is 15.5. The fourth-order valence-corrected chi connectivity index (χ4v) is 12.3. The van der Waals surface area contributed by atoms with Crippen molar-refractivity contribution in [2.45, 2.75) is 9.92 Å². The Morgan fingerprint density at radius 2 is 0.926 bits per heavy atom. The van der Waals surface area contributed by atoms with E-state index in [9.17, 15) is 0 Å². The minimum atomic E-state index is -2.63. The van der Waals surface area contributed by atoms with Crippen LogP contribution in [0.2, 0.25) is 0 Å². The molecule has 0 saturated heterocycles. The van der Waals surface area contributed by atoms with Crippen LogP contribution in [0.25, 0.3) is 88.8 Å². The second-order valence-electron chi connectivity index (χ2n) is 15.7. The summed E-state index contributed by atoms with van der Waals surface area (Å²) in [6, 6.07) is 61.3. The van der Waals surface area contributed by atoms with E-state index < -0.39 is 9.16 Å². The van der Waals surface area contributed by atoms with Crippen LogP contribution in [0.3, 0.4) is 0 Å². The lowest BCUT2D eigenvalue weighted by atomic mass is 10.00. The fraction of sp³-hybridized carbons (Fsp3) is 0.0612. The topological polar surface area (TPSA) is 35.6 Å². The lowest BCUT2D eigenvalue weighted by molar-refractivity contribution is 1.06. The number of thiol groups is 1. The summed E-state index contributed by atoms with van der Waals surface area (Å²) in [4.78, 5) is 12.5. The molecular formula is C49H38N4S. The standard InChI is InChI=1S/C49H38N4S/c1-54(2,3)45-24-14-10-20-40(45)46-47(32-25-28-35(29-26-32)52-41-21-11-7-17-36(41)37-18-8-12-22-42(37)52)50-48(51-49(46)54)33-27-30-39-38-19-9-13-23-43(38)53(44(39)31-33)34-15-5-4-6-16-34/h4-31,54H,1-3H3. The minimum Gasteiger partial charge on any atom is -0.309 e. The number of hydrogen-bond acceptors (Lipinski definition) is 2. The molecule has 0 spiro atoms. The number of hydrogen-bond donors (Lipinski definition) is 1. The molecule has 7 aromatic carbocycles. The van der Waals surface area contributed by atoms with E-state index in [-0.39, 0.29) is 0 Å². The van der Waals surface area contributed by atoms with Crippen LogP contribution in [-0.4, -0.2) is 37.9 Å². The minimum absolute atomic E-state index is 0.759. The van der Waals surface area contributed by atoms with Crippen LogP contribution >= 0.6 is 9.16 Å². The Kier molecular flexibility index (Phi) is 6.37. The van der Waals surface area contributed by atoms with Gasteiger partial charge >= 0.3 is 0 Å². The molecule has 0 radical (unpaired) electrons. The van der Waals surface area contributed by atoms with E-state index in [0.29, 0.717) is 0 Å². The maximum absolute atomic E-state index is 5.57. The molecule has 10 aromatic rings. The smallest absolute Gasteiger partial charge is 0.161 e. The first-order valence-corrected chi connectivity index (χ1v) is 22.1. The highest BCUT2D eigenvalue weighted by atomic mass is 32.3. The van der Waals surface area contributed by atoms with Crippen molar-refractivity contribution in [2.24, 2.45) is 0 Å². The van der Waals surface area contributed by atoms with E-state index >= 15 is 0 Å². The lowest BCUT2D eigenvalue weighted by Crippen LogP contribution is -2.13. The Balaban J connectivity index is 1.14. The lowest BCUT2D eigenvalue weighted by Gasteiger charge is -2.48. The van der Waals surface area contributed by atoms with Crippen LogP contribution in [0, 0.1) is 0 Å². The van der Waals surface area contributed by atoms with Crippen LogP contribution in [0.15, 0.2) is 180 Å². The SMILES string of the molecule is C[SH]1(C)(C)c2ccccc2-c2c(-c3ccc(-n4c5ccccc5c5ccccc54)cc3)nc(-c3ccc4c5ccccc5n(-c5ccccc5)c4c3)nc21. The Morgan fingerprint density at radius 3 is 1.57 bits per heavy atom. The molecule has 0 amide bonds. The number of fused-ring (bicyclic) bond motifs is 9. The quantitative estimate of drug-likeness (QED) is 0.145. The molecule has 0 atom stereocenters. The van der Waals surface area contributed by atoms with E-state index in [1.54, 1.807) is 0 Å².